The number of carboxylic acid groups (broad SMARTS) is 1. The molecule has 7 nitrogen and oxygen atoms in total. The Labute approximate surface area is 126 Å². The molecular formula is C12H17F2N3O4S. The van der Waals surface area contributed by atoms with E-state index < -0.39 is 46.0 Å². The highest BCUT2D eigenvalue weighted by Gasteiger charge is 2.41. The quantitative estimate of drug-likeness (QED) is 0.836. The van der Waals surface area contributed by atoms with Gasteiger partial charge in [0, 0.05) is 26.1 Å². The lowest BCUT2D eigenvalue weighted by atomic mass is 9.96. The second kappa shape index (κ2) is 5.92. The van der Waals surface area contributed by atoms with Gasteiger partial charge in [0.05, 0.1) is 10.9 Å². The number of aliphatic carboxylic acids is 1. The average Bonchev–Trinajstić information content (AvgIpc) is 2.81. The number of carbonyl (C=O) groups is 1. The minimum Gasteiger partial charge on any atom is -0.480 e. The smallest absolute Gasteiger partial charge is 0.327 e. The Morgan fingerprint density at radius 3 is 2.55 bits per heavy atom. The van der Waals surface area contributed by atoms with Gasteiger partial charge >= 0.3 is 5.97 Å². The molecule has 0 aromatic carbocycles. The predicted octanol–water partition coefficient (Wildman–Crippen LogP) is 1.04. The van der Waals surface area contributed by atoms with Crippen molar-refractivity contribution in [3.63, 3.8) is 0 Å². The second-order valence-corrected chi connectivity index (χ2v) is 7.36. The van der Waals surface area contributed by atoms with Crippen LogP contribution in [0.2, 0.25) is 0 Å². The number of hydrogen-bond acceptors (Lipinski definition) is 4. The SMILES string of the molecule is Cn1nccc1C(NS(=O)(=O)C1CCC(F)(F)CC1)C(=O)O. The Balaban J connectivity index is 2.16. The van der Waals surface area contributed by atoms with Crippen LogP contribution in [0.5, 0.6) is 0 Å². The van der Waals surface area contributed by atoms with Crippen LogP contribution in [0.3, 0.4) is 0 Å². The second-order valence-electron chi connectivity index (χ2n) is 5.37. The summed E-state index contributed by atoms with van der Waals surface area (Å²) in [4.78, 5) is 11.3. The maximum Gasteiger partial charge on any atom is 0.327 e. The van der Waals surface area contributed by atoms with Gasteiger partial charge < -0.3 is 5.11 Å². The number of rotatable bonds is 5. The Morgan fingerprint density at radius 2 is 2.09 bits per heavy atom. The van der Waals surface area contributed by atoms with E-state index in [2.05, 4.69) is 9.82 Å². The number of nitrogens with one attached hydrogen (secondary N) is 1. The summed E-state index contributed by atoms with van der Waals surface area (Å²) in [6, 6.07) is -0.115. The number of aryl methyl sites for hydroxylation is 1. The maximum absolute atomic E-state index is 13.1. The van der Waals surface area contributed by atoms with E-state index in [9.17, 15) is 27.1 Å². The summed E-state index contributed by atoms with van der Waals surface area (Å²) in [5.41, 5.74) is 0.164. The van der Waals surface area contributed by atoms with Crippen LogP contribution >= 0.6 is 0 Å². The van der Waals surface area contributed by atoms with Crippen LogP contribution < -0.4 is 4.72 Å². The van der Waals surface area contributed by atoms with Crippen LogP contribution in [0.15, 0.2) is 12.3 Å². The number of aromatic nitrogens is 2. The summed E-state index contributed by atoms with van der Waals surface area (Å²) in [7, 11) is -2.54. The van der Waals surface area contributed by atoms with Gasteiger partial charge in [-0.3, -0.25) is 9.48 Å². The molecule has 0 radical (unpaired) electrons. The van der Waals surface area contributed by atoms with Crippen LogP contribution in [0.1, 0.15) is 37.4 Å². The molecule has 0 amide bonds. The third-order valence-electron chi connectivity index (χ3n) is 3.79. The van der Waals surface area contributed by atoms with E-state index >= 15 is 0 Å². The highest BCUT2D eigenvalue weighted by molar-refractivity contribution is 7.90. The third kappa shape index (κ3) is 3.61. The lowest BCUT2D eigenvalue weighted by Crippen LogP contribution is -2.43. The molecule has 0 spiro atoms. The number of nitrogens with zero attached hydrogens (tertiary/aromatic N) is 2. The molecule has 0 bridgehead atoms. The van der Waals surface area contributed by atoms with Crippen molar-refractivity contribution in [2.45, 2.75) is 42.9 Å². The summed E-state index contributed by atoms with van der Waals surface area (Å²) in [5.74, 6) is -4.23. The molecule has 22 heavy (non-hydrogen) atoms. The first-order valence-electron chi connectivity index (χ1n) is 6.72. The zero-order chi connectivity index (χ0) is 16.5. The molecule has 0 saturated heterocycles. The monoisotopic (exact) mass is 337 g/mol. The minimum absolute atomic E-state index is 0.164. The maximum atomic E-state index is 13.1. The van der Waals surface area contributed by atoms with Crippen molar-refractivity contribution < 1.29 is 27.1 Å². The van der Waals surface area contributed by atoms with Gasteiger partial charge in [0.1, 0.15) is 0 Å². The highest BCUT2D eigenvalue weighted by atomic mass is 32.2. The van der Waals surface area contributed by atoms with Gasteiger partial charge in [-0.25, -0.2) is 17.2 Å². The minimum atomic E-state index is -4.03. The number of sulfonamides is 1. The van der Waals surface area contributed by atoms with E-state index in [4.69, 9.17) is 0 Å². The molecule has 2 N–H and O–H groups in total. The molecule has 1 aromatic heterocycles. The molecule has 1 aromatic rings. The number of alkyl halides is 2. The topological polar surface area (TPSA) is 101 Å². The summed E-state index contributed by atoms with van der Waals surface area (Å²) >= 11 is 0. The van der Waals surface area contributed by atoms with Crippen molar-refractivity contribution >= 4 is 16.0 Å². The zero-order valence-electron chi connectivity index (χ0n) is 11.9. The summed E-state index contributed by atoms with van der Waals surface area (Å²) in [6.45, 7) is 0. The normalized spacial score (nSPS) is 20.7. The van der Waals surface area contributed by atoms with Crippen LogP contribution in [0, 0.1) is 0 Å². The fraction of sp³-hybridized carbons (Fsp3) is 0.667. The summed E-state index contributed by atoms with van der Waals surface area (Å²) in [6.07, 6.45) is -0.0646. The van der Waals surface area contributed by atoms with E-state index in [1.54, 1.807) is 0 Å². The molecule has 1 atom stereocenters. The van der Waals surface area contributed by atoms with E-state index in [-0.39, 0.29) is 18.5 Å². The van der Waals surface area contributed by atoms with Gasteiger partial charge in [0.25, 0.3) is 0 Å². The first-order valence-corrected chi connectivity index (χ1v) is 8.27. The molecule has 0 aliphatic heterocycles. The van der Waals surface area contributed by atoms with Crippen molar-refractivity contribution in [2.75, 3.05) is 0 Å². The van der Waals surface area contributed by atoms with E-state index in [1.807, 2.05) is 0 Å². The number of halogens is 2. The van der Waals surface area contributed by atoms with E-state index in [1.165, 1.54) is 24.0 Å². The molecule has 124 valence electrons. The fourth-order valence-corrected chi connectivity index (χ4v) is 4.09. The first-order chi connectivity index (χ1) is 10.1. The van der Waals surface area contributed by atoms with Crippen LogP contribution in [0.4, 0.5) is 8.78 Å². The number of carboxylic acids is 1. The van der Waals surface area contributed by atoms with Gasteiger partial charge in [-0.15, -0.1) is 0 Å². The highest BCUT2D eigenvalue weighted by Crippen LogP contribution is 2.35. The van der Waals surface area contributed by atoms with Gasteiger partial charge in [-0.1, -0.05) is 0 Å². The molecular weight excluding hydrogens is 320 g/mol. The number of hydrogen-bond donors (Lipinski definition) is 2. The van der Waals surface area contributed by atoms with Crippen molar-refractivity contribution in [3.8, 4) is 0 Å². The lowest BCUT2D eigenvalue weighted by molar-refractivity contribution is -0.139. The molecule has 1 heterocycles. The molecule has 1 aliphatic rings. The molecule has 1 unspecified atom stereocenters. The van der Waals surface area contributed by atoms with E-state index in [0.29, 0.717) is 0 Å². The van der Waals surface area contributed by atoms with Gasteiger partial charge in [0.15, 0.2) is 6.04 Å². The fourth-order valence-electron chi connectivity index (χ4n) is 2.49. The van der Waals surface area contributed by atoms with Crippen molar-refractivity contribution in [2.24, 2.45) is 7.05 Å². The largest absolute Gasteiger partial charge is 0.480 e. The van der Waals surface area contributed by atoms with Gasteiger partial charge in [0.2, 0.25) is 15.9 Å². The Morgan fingerprint density at radius 1 is 1.50 bits per heavy atom. The Bertz CT molecular complexity index is 649. The van der Waals surface area contributed by atoms with E-state index in [0.717, 1.165) is 0 Å². The lowest BCUT2D eigenvalue weighted by Gasteiger charge is -2.29. The van der Waals surface area contributed by atoms with Crippen LogP contribution in [-0.4, -0.2) is 40.4 Å². The molecule has 10 heteroatoms. The molecule has 1 fully saturated rings. The molecule has 1 saturated carbocycles. The van der Waals surface area contributed by atoms with Crippen molar-refractivity contribution in [3.05, 3.63) is 18.0 Å². The average molecular weight is 337 g/mol. The van der Waals surface area contributed by atoms with Crippen molar-refractivity contribution in [1.82, 2.24) is 14.5 Å². The zero-order valence-corrected chi connectivity index (χ0v) is 12.7. The third-order valence-corrected chi connectivity index (χ3v) is 5.70. The summed E-state index contributed by atoms with van der Waals surface area (Å²) in [5, 5.41) is 12.0. The summed E-state index contributed by atoms with van der Waals surface area (Å²) < 4.78 is 54.1. The van der Waals surface area contributed by atoms with Crippen molar-refractivity contribution in [1.29, 1.82) is 0 Å². The first kappa shape index (κ1) is 16.8. The Kier molecular flexibility index (Phi) is 4.52. The molecule has 2 rings (SSSR count). The predicted molar refractivity (Wildman–Crippen MR) is 72.8 cm³/mol. The standard InChI is InChI=1S/C12H17F2N3O4S/c1-17-9(4-7-15-17)10(11(18)19)16-22(20,21)8-2-5-12(13,14)6-3-8/h4,7-8,10,16H,2-3,5-6H2,1H3,(H,18,19). The Hall–Kier alpha value is -1.55. The molecule has 1 aliphatic carbocycles. The van der Waals surface area contributed by atoms with Crippen LogP contribution in [-0.2, 0) is 21.9 Å². The van der Waals surface area contributed by atoms with Gasteiger partial charge in [-0.05, 0) is 18.9 Å². The van der Waals surface area contributed by atoms with Gasteiger partial charge in [-0.2, -0.15) is 9.82 Å². The van der Waals surface area contributed by atoms with Crippen LogP contribution in [0.25, 0.3) is 0 Å².